The van der Waals surface area contributed by atoms with Crippen LogP contribution < -0.4 is 16.0 Å². The molecule has 2 aliphatic rings. The van der Waals surface area contributed by atoms with Gasteiger partial charge in [0.25, 0.3) is 5.91 Å². The quantitative estimate of drug-likeness (QED) is 0.698. The van der Waals surface area contributed by atoms with Crippen molar-refractivity contribution in [1.82, 2.24) is 19.5 Å². The van der Waals surface area contributed by atoms with Crippen molar-refractivity contribution in [3.63, 3.8) is 0 Å². The second kappa shape index (κ2) is 7.26. The Morgan fingerprint density at radius 1 is 1.28 bits per heavy atom. The highest BCUT2D eigenvalue weighted by atomic mass is 32.1. The largest absolute Gasteiger partial charge is 0.337 e. The Balaban J connectivity index is 1.42. The third-order valence-corrected chi connectivity index (χ3v) is 6.42. The van der Waals surface area contributed by atoms with E-state index >= 15 is 0 Å². The highest BCUT2D eigenvalue weighted by Crippen LogP contribution is 2.29. The van der Waals surface area contributed by atoms with Crippen LogP contribution in [-0.4, -0.2) is 45.0 Å². The molecule has 7 nitrogen and oxygen atoms in total. The molecule has 29 heavy (non-hydrogen) atoms. The Bertz CT molecular complexity index is 1190. The van der Waals surface area contributed by atoms with Crippen LogP contribution in [0.1, 0.15) is 37.2 Å². The minimum atomic E-state index is 0.0473. The number of amides is 1. The first-order valence-electron chi connectivity index (χ1n) is 10.1. The molecule has 0 saturated carbocycles. The predicted octanol–water partition coefficient (Wildman–Crippen LogP) is 2.68. The van der Waals surface area contributed by atoms with E-state index in [0.717, 1.165) is 58.4 Å². The number of hydrogen-bond acceptors (Lipinski definition) is 6. The summed E-state index contributed by atoms with van der Waals surface area (Å²) >= 11 is 1.37. The number of benzene rings is 1. The number of carbonyl (C=O) groups is 1. The van der Waals surface area contributed by atoms with Crippen LogP contribution in [0.2, 0.25) is 0 Å². The first kappa shape index (κ1) is 18.3. The zero-order valence-electron chi connectivity index (χ0n) is 16.6. The maximum atomic E-state index is 13.1. The van der Waals surface area contributed by atoms with Crippen molar-refractivity contribution in [2.75, 3.05) is 25.0 Å². The maximum Gasteiger partial charge on any atom is 0.274 e. The maximum absolute atomic E-state index is 13.1. The van der Waals surface area contributed by atoms with Crippen LogP contribution in [0, 0.1) is 11.8 Å². The van der Waals surface area contributed by atoms with Gasteiger partial charge >= 0.3 is 0 Å². The summed E-state index contributed by atoms with van der Waals surface area (Å²) in [4.78, 5) is 19.6. The second-order valence-electron chi connectivity index (χ2n) is 8.23. The van der Waals surface area contributed by atoms with E-state index in [-0.39, 0.29) is 5.91 Å². The van der Waals surface area contributed by atoms with E-state index in [2.05, 4.69) is 44.8 Å². The fraction of sp³-hybridized carbons (Fsp3) is 0.429. The molecule has 150 valence electrons. The number of piperidine rings is 1. The molecule has 3 aromatic rings. The molecule has 5 rings (SSSR count). The van der Waals surface area contributed by atoms with E-state index < -0.39 is 0 Å². The van der Waals surface area contributed by atoms with Gasteiger partial charge in [0.15, 0.2) is 5.82 Å². The molecule has 1 amide bonds. The number of likely N-dealkylation sites (tertiary alicyclic amines) is 1. The van der Waals surface area contributed by atoms with Gasteiger partial charge in [0, 0.05) is 30.7 Å². The average molecular weight is 409 g/mol. The molecular formula is C21H24N6OS. The molecule has 2 aliphatic heterocycles. The molecule has 1 fully saturated rings. The predicted molar refractivity (Wildman–Crippen MR) is 115 cm³/mol. The van der Waals surface area contributed by atoms with Gasteiger partial charge < -0.3 is 10.2 Å². The van der Waals surface area contributed by atoms with E-state index in [4.69, 9.17) is 0 Å². The Morgan fingerprint density at radius 2 is 2.10 bits per heavy atom. The van der Waals surface area contributed by atoms with Crippen LogP contribution in [0.25, 0.3) is 16.2 Å². The van der Waals surface area contributed by atoms with Gasteiger partial charge in [0.2, 0.25) is 0 Å². The van der Waals surface area contributed by atoms with Crippen LogP contribution in [0.3, 0.4) is 0 Å². The van der Waals surface area contributed by atoms with Gasteiger partial charge in [-0.15, -0.1) is 0 Å². The molecule has 1 saturated heterocycles. The third kappa shape index (κ3) is 3.42. The summed E-state index contributed by atoms with van der Waals surface area (Å²) in [5.74, 6) is 1.84. The van der Waals surface area contributed by atoms with Gasteiger partial charge in [-0.05, 0) is 54.4 Å². The molecule has 0 spiro atoms. The number of H-pyrrole nitrogens is 1. The number of aromatic amines is 1. The molecule has 1 aromatic carbocycles. The van der Waals surface area contributed by atoms with Crippen molar-refractivity contribution in [2.45, 2.75) is 26.7 Å². The molecule has 0 bridgehead atoms. The molecule has 8 heteroatoms. The zero-order chi connectivity index (χ0) is 20.0. The molecular weight excluding hydrogens is 384 g/mol. The van der Waals surface area contributed by atoms with Crippen LogP contribution in [0.5, 0.6) is 0 Å². The molecule has 0 radical (unpaired) electrons. The van der Waals surface area contributed by atoms with Crippen LogP contribution in [-0.2, 0) is 0 Å². The summed E-state index contributed by atoms with van der Waals surface area (Å²) in [6.07, 6.45) is 4.23. The molecule has 2 atom stereocenters. The fourth-order valence-corrected chi connectivity index (χ4v) is 5.22. The van der Waals surface area contributed by atoms with Crippen molar-refractivity contribution >= 4 is 45.1 Å². The minimum Gasteiger partial charge on any atom is -0.337 e. The number of rotatable bonds is 3. The smallest absolute Gasteiger partial charge is 0.274 e. The van der Waals surface area contributed by atoms with Gasteiger partial charge in [-0.3, -0.25) is 14.9 Å². The van der Waals surface area contributed by atoms with Crippen LogP contribution in [0.4, 0.5) is 11.5 Å². The Hall–Kier alpha value is -2.74. The lowest BCUT2D eigenvalue weighted by molar-refractivity contribution is 0.0620. The topological polar surface area (TPSA) is 86.3 Å². The summed E-state index contributed by atoms with van der Waals surface area (Å²) in [5, 5.41) is 13.5. The van der Waals surface area contributed by atoms with Gasteiger partial charge in [0.05, 0.1) is 10.0 Å². The SMILES string of the molecule is CC1CC(C)CN(C(=O)c2nsc3cc(Nc4n[nH]c5c4=NCCC=5)ccc23)C1. The molecule has 2 aromatic heterocycles. The molecule has 4 heterocycles. The Morgan fingerprint density at radius 3 is 2.93 bits per heavy atom. The summed E-state index contributed by atoms with van der Waals surface area (Å²) in [5.41, 5.74) is 1.48. The number of anilines is 2. The highest BCUT2D eigenvalue weighted by molar-refractivity contribution is 7.13. The third-order valence-electron chi connectivity index (χ3n) is 5.61. The average Bonchev–Trinajstić information content (AvgIpc) is 3.31. The van der Waals surface area contributed by atoms with E-state index in [1.165, 1.54) is 18.0 Å². The van der Waals surface area contributed by atoms with E-state index in [0.29, 0.717) is 17.5 Å². The molecule has 2 N–H and O–H groups in total. The highest BCUT2D eigenvalue weighted by Gasteiger charge is 2.28. The van der Waals surface area contributed by atoms with Crippen molar-refractivity contribution in [3.05, 3.63) is 34.6 Å². The van der Waals surface area contributed by atoms with E-state index in [9.17, 15) is 4.79 Å². The standard InChI is InChI=1S/C21H24N6OS/c1-12-8-13(2)11-27(10-12)21(28)18-15-6-5-14(9-17(15)29-26-18)23-20-19-16(24-25-20)4-3-7-22-19/h4-6,9,12-13,24H,3,7-8,10-11H2,1-2H3,(H,23,25). The van der Waals surface area contributed by atoms with Crippen molar-refractivity contribution < 1.29 is 4.79 Å². The van der Waals surface area contributed by atoms with E-state index in [1.54, 1.807) is 0 Å². The van der Waals surface area contributed by atoms with Crippen molar-refractivity contribution in [2.24, 2.45) is 16.8 Å². The van der Waals surface area contributed by atoms with Gasteiger partial charge in [-0.25, -0.2) is 0 Å². The van der Waals surface area contributed by atoms with Crippen molar-refractivity contribution in [3.8, 4) is 0 Å². The second-order valence-corrected chi connectivity index (χ2v) is 9.04. The van der Waals surface area contributed by atoms with Gasteiger partial charge in [-0.2, -0.15) is 9.47 Å². The number of nitrogens with zero attached hydrogens (tertiary/aromatic N) is 4. The number of carbonyl (C=O) groups excluding carboxylic acids is 1. The first-order valence-corrected chi connectivity index (χ1v) is 10.9. The summed E-state index contributed by atoms with van der Waals surface area (Å²) in [6, 6.07) is 5.98. The Kier molecular flexibility index (Phi) is 4.58. The first-order chi connectivity index (χ1) is 14.1. The fourth-order valence-electron chi connectivity index (χ4n) is 4.41. The zero-order valence-corrected chi connectivity index (χ0v) is 17.4. The summed E-state index contributed by atoms with van der Waals surface area (Å²) in [7, 11) is 0. The summed E-state index contributed by atoms with van der Waals surface area (Å²) in [6.45, 7) is 6.84. The number of nitrogens with one attached hydrogen (secondary N) is 2. The molecule has 2 unspecified atom stereocenters. The van der Waals surface area contributed by atoms with Gasteiger partial charge in [-0.1, -0.05) is 19.9 Å². The Labute approximate surface area is 172 Å². The molecule has 0 aliphatic carbocycles. The summed E-state index contributed by atoms with van der Waals surface area (Å²) < 4.78 is 5.50. The number of hydrogen-bond donors (Lipinski definition) is 2. The number of fused-ring (bicyclic) bond motifs is 2. The lowest BCUT2D eigenvalue weighted by atomic mass is 9.91. The number of aromatic nitrogens is 3. The monoisotopic (exact) mass is 408 g/mol. The normalized spacial score (nSPS) is 21.4. The lowest BCUT2D eigenvalue weighted by Gasteiger charge is -2.34. The van der Waals surface area contributed by atoms with Crippen LogP contribution in [0.15, 0.2) is 23.2 Å². The minimum absolute atomic E-state index is 0.0473. The van der Waals surface area contributed by atoms with Gasteiger partial charge in [0.1, 0.15) is 11.1 Å². The van der Waals surface area contributed by atoms with Crippen molar-refractivity contribution in [1.29, 1.82) is 0 Å². The van der Waals surface area contributed by atoms with E-state index in [1.807, 2.05) is 23.1 Å². The lowest BCUT2D eigenvalue weighted by Crippen LogP contribution is -2.42. The van der Waals surface area contributed by atoms with Crippen LogP contribution >= 0.6 is 11.5 Å².